The fraction of sp³-hybridized carbons (Fsp3) is 0.217. The van der Waals surface area contributed by atoms with Crippen LogP contribution in [0.25, 0.3) is 38.6 Å². The molecule has 1 aliphatic carbocycles. The molecule has 7 aromatic rings. The molecule has 0 spiro atoms. The maximum absolute atomic E-state index is 6.92. The van der Waals surface area contributed by atoms with Gasteiger partial charge in [-0.2, -0.15) is 0 Å². The molecule has 8 rings (SSSR count). The van der Waals surface area contributed by atoms with Crippen LogP contribution in [-0.2, 0) is 5.41 Å². The predicted molar refractivity (Wildman–Crippen MR) is 213 cm³/mol. The van der Waals surface area contributed by atoms with Gasteiger partial charge in [0.1, 0.15) is 0 Å². The molecule has 1 heterocycles. The number of aryl methyl sites for hydroxylation is 7. The summed E-state index contributed by atoms with van der Waals surface area (Å²) in [5, 5.41) is 2.62. The Balaban J connectivity index is 1.31. The van der Waals surface area contributed by atoms with E-state index in [-0.39, 0.29) is 12.1 Å². The quantitative estimate of drug-likeness (QED) is 0.152. The van der Waals surface area contributed by atoms with Crippen molar-refractivity contribution in [3.05, 3.63) is 147 Å². The first-order chi connectivity index (χ1) is 23.3. The fourth-order valence-corrected chi connectivity index (χ4v) is 9.12. The van der Waals surface area contributed by atoms with Gasteiger partial charge in [0.05, 0.1) is 11.0 Å². The van der Waals surface area contributed by atoms with Crippen LogP contribution in [0.15, 0.2) is 97.1 Å². The molecule has 0 bridgehead atoms. The van der Waals surface area contributed by atoms with Gasteiger partial charge in [-0.25, -0.2) is 0 Å². The smallest absolute Gasteiger partial charge is 0.244 e. The molecule has 3 heteroatoms. The lowest BCUT2D eigenvalue weighted by Gasteiger charge is -2.27. The van der Waals surface area contributed by atoms with Gasteiger partial charge in [0.2, 0.25) is 6.71 Å². The zero-order chi connectivity index (χ0) is 34.5. The number of hydrogen-bond acceptors (Lipinski definition) is 1. The van der Waals surface area contributed by atoms with Gasteiger partial charge in [0.15, 0.2) is 0 Å². The first kappa shape index (κ1) is 31.3. The van der Waals surface area contributed by atoms with Crippen molar-refractivity contribution in [3.8, 4) is 16.8 Å². The van der Waals surface area contributed by atoms with Gasteiger partial charge in [0, 0.05) is 27.6 Å². The second-order valence-electron chi connectivity index (χ2n) is 15.4. The molecule has 242 valence electrons. The Bertz CT molecular complexity index is 2350. The van der Waals surface area contributed by atoms with Crippen molar-refractivity contribution in [1.29, 1.82) is 0 Å². The van der Waals surface area contributed by atoms with E-state index in [1.807, 2.05) is 0 Å². The molecule has 0 atom stereocenters. The van der Waals surface area contributed by atoms with Crippen molar-refractivity contribution in [1.82, 2.24) is 4.57 Å². The number of hydrogen-bond donors (Lipinski definition) is 1. The molecule has 0 saturated heterocycles. The van der Waals surface area contributed by atoms with Crippen LogP contribution in [0.3, 0.4) is 0 Å². The number of benzene rings is 6. The normalized spacial score (nSPS) is 13.2. The Labute approximate surface area is 291 Å². The molecule has 0 amide bonds. The molecule has 0 fully saturated rings. The summed E-state index contributed by atoms with van der Waals surface area (Å²) in [7, 11) is 0. The summed E-state index contributed by atoms with van der Waals surface area (Å²) in [4.78, 5) is 0. The van der Waals surface area contributed by atoms with Crippen LogP contribution in [0, 0.1) is 48.5 Å². The summed E-state index contributed by atoms with van der Waals surface area (Å²) in [5.41, 5.74) is 29.5. The highest BCUT2D eigenvalue weighted by Gasteiger charge is 2.38. The van der Waals surface area contributed by atoms with Gasteiger partial charge < -0.3 is 10.3 Å². The average Bonchev–Trinajstić information content (AvgIpc) is 3.46. The summed E-state index contributed by atoms with van der Waals surface area (Å²) < 4.78 is 2.45. The SMILES string of the molecule is Cc1cc(C)c(B(c2ccc3c(c2)C(C)(C)c2cc(-n4c5ccc(C)cc5c5cc(C)ccc54)ccc2-3)c2c(C)cc(C)cc2N)c(C)c1. The lowest BCUT2D eigenvalue weighted by atomic mass is 9.34. The average molecular weight is 637 g/mol. The van der Waals surface area contributed by atoms with Crippen molar-refractivity contribution in [2.24, 2.45) is 0 Å². The number of anilines is 1. The number of fused-ring (bicyclic) bond motifs is 6. The largest absolute Gasteiger partial charge is 0.399 e. The van der Waals surface area contributed by atoms with Gasteiger partial charge in [0.25, 0.3) is 0 Å². The van der Waals surface area contributed by atoms with Crippen LogP contribution >= 0.6 is 0 Å². The summed E-state index contributed by atoms with van der Waals surface area (Å²) in [6.45, 7) is 20.2. The molecule has 2 nitrogen and oxygen atoms in total. The van der Waals surface area contributed by atoms with Crippen LogP contribution in [0.4, 0.5) is 5.69 Å². The highest BCUT2D eigenvalue weighted by atomic mass is 15.0. The molecule has 49 heavy (non-hydrogen) atoms. The van der Waals surface area contributed by atoms with Crippen molar-refractivity contribution in [3.63, 3.8) is 0 Å². The summed E-state index contributed by atoms with van der Waals surface area (Å²) in [5.74, 6) is 0. The van der Waals surface area contributed by atoms with Gasteiger partial charge in [-0.15, -0.1) is 0 Å². The number of rotatable bonds is 4. The second kappa shape index (κ2) is 11.0. The van der Waals surface area contributed by atoms with Crippen molar-refractivity contribution >= 4 is 50.6 Å². The molecule has 1 aliphatic rings. The topological polar surface area (TPSA) is 30.9 Å². The lowest BCUT2D eigenvalue weighted by molar-refractivity contribution is 0.660. The van der Waals surface area contributed by atoms with E-state index in [1.54, 1.807) is 0 Å². The fourth-order valence-electron chi connectivity index (χ4n) is 9.12. The monoisotopic (exact) mass is 636 g/mol. The van der Waals surface area contributed by atoms with Crippen LogP contribution < -0.4 is 22.1 Å². The highest BCUT2D eigenvalue weighted by molar-refractivity contribution is 6.97. The molecule has 0 aliphatic heterocycles. The standard InChI is InChI=1S/C46H45BN2/c1-26-10-16-42-37(21-26)38-22-27(2)11-17-43(38)49(42)34-13-15-36-35-14-12-33(24-39(35)46(8,9)40(36)25-34)47(44-30(5)18-28(3)19-31(44)6)45-32(7)20-29(4)23-41(45)48/h10-25H,48H2,1-9H3. The van der Waals surface area contributed by atoms with Gasteiger partial charge >= 0.3 is 0 Å². The minimum Gasteiger partial charge on any atom is -0.399 e. The van der Waals surface area contributed by atoms with E-state index in [4.69, 9.17) is 5.73 Å². The minimum absolute atomic E-state index is 0.0334. The molecule has 1 aromatic heterocycles. The van der Waals surface area contributed by atoms with Crippen LogP contribution in [-0.4, -0.2) is 11.3 Å². The van der Waals surface area contributed by atoms with Crippen LogP contribution in [0.2, 0.25) is 0 Å². The number of nitrogen functional groups attached to an aromatic ring is 1. The Hall–Kier alpha value is -5.02. The number of nitrogens with zero attached hydrogens (tertiary/aromatic N) is 1. The van der Waals surface area contributed by atoms with Gasteiger partial charge in [-0.1, -0.05) is 113 Å². The van der Waals surface area contributed by atoms with E-state index in [0.717, 1.165) is 5.69 Å². The van der Waals surface area contributed by atoms with E-state index >= 15 is 0 Å². The summed E-state index contributed by atoms with van der Waals surface area (Å²) >= 11 is 0. The molecular formula is C46H45BN2. The molecule has 2 N–H and O–H groups in total. The Morgan fingerprint density at radius 2 is 1.02 bits per heavy atom. The van der Waals surface area contributed by atoms with E-state index in [1.165, 1.54) is 105 Å². The maximum Gasteiger partial charge on any atom is 0.244 e. The first-order valence-corrected chi connectivity index (χ1v) is 17.6. The third-order valence-electron chi connectivity index (χ3n) is 11.2. The molecule has 6 aromatic carbocycles. The Kier molecular flexibility index (Phi) is 7.02. The van der Waals surface area contributed by atoms with Crippen LogP contribution in [0.5, 0.6) is 0 Å². The summed E-state index contributed by atoms with van der Waals surface area (Å²) in [6.07, 6.45) is 0. The van der Waals surface area contributed by atoms with Crippen LogP contribution in [0.1, 0.15) is 63.9 Å². The zero-order valence-electron chi connectivity index (χ0n) is 30.3. The number of aromatic nitrogens is 1. The Morgan fingerprint density at radius 1 is 0.510 bits per heavy atom. The third-order valence-corrected chi connectivity index (χ3v) is 11.2. The second-order valence-corrected chi connectivity index (χ2v) is 15.4. The van der Waals surface area contributed by atoms with E-state index in [9.17, 15) is 0 Å². The first-order valence-electron chi connectivity index (χ1n) is 17.6. The summed E-state index contributed by atoms with van der Waals surface area (Å²) in [6, 6.07) is 37.1. The van der Waals surface area contributed by atoms with E-state index < -0.39 is 0 Å². The molecule has 0 radical (unpaired) electrons. The number of nitrogens with two attached hydrogens (primary N) is 1. The predicted octanol–water partition coefficient (Wildman–Crippen LogP) is 9.35. The third kappa shape index (κ3) is 4.77. The van der Waals surface area contributed by atoms with Crippen molar-refractivity contribution in [2.45, 2.75) is 67.7 Å². The molecule has 0 saturated carbocycles. The highest BCUT2D eigenvalue weighted by Crippen LogP contribution is 2.49. The molecule has 0 unspecified atom stereocenters. The maximum atomic E-state index is 6.92. The zero-order valence-corrected chi connectivity index (χ0v) is 30.3. The van der Waals surface area contributed by atoms with E-state index in [0.29, 0.717) is 0 Å². The molecular weight excluding hydrogens is 591 g/mol. The van der Waals surface area contributed by atoms with Gasteiger partial charge in [-0.05, 0) is 124 Å². The lowest BCUT2D eigenvalue weighted by Crippen LogP contribution is -2.55. The van der Waals surface area contributed by atoms with Gasteiger partial charge in [-0.3, -0.25) is 0 Å². The van der Waals surface area contributed by atoms with E-state index in [2.05, 4.69) is 164 Å². The minimum atomic E-state index is -0.182. The van der Waals surface area contributed by atoms with Crippen molar-refractivity contribution in [2.75, 3.05) is 5.73 Å². The Morgan fingerprint density at radius 3 is 1.59 bits per heavy atom. The van der Waals surface area contributed by atoms with Crippen molar-refractivity contribution < 1.29 is 0 Å².